The van der Waals surface area contributed by atoms with Crippen LogP contribution in [0.2, 0.25) is 5.02 Å². The monoisotopic (exact) mass is 549 g/mol. The Bertz CT molecular complexity index is 1170. The van der Waals surface area contributed by atoms with Gasteiger partial charge in [0, 0.05) is 54.0 Å². The first-order valence-corrected chi connectivity index (χ1v) is 14.1. The summed E-state index contributed by atoms with van der Waals surface area (Å²) in [5.74, 6) is 1.27. The number of urea groups is 1. The van der Waals surface area contributed by atoms with Gasteiger partial charge in [-0.2, -0.15) is 0 Å². The van der Waals surface area contributed by atoms with Crippen LogP contribution in [0.4, 0.5) is 20.4 Å². The van der Waals surface area contributed by atoms with Crippen molar-refractivity contribution in [2.24, 2.45) is 5.92 Å². The Hall–Kier alpha value is -2.50. The Morgan fingerprint density at radius 2 is 2.14 bits per heavy atom. The summed E-state index contributed by atoms with van der Waals surface area (Å²) < 4.78 is 5.92. The average Bonchev–Trinajstić information content (AvgIpc) is 3.37. The highest BCUT2D eigenvalue weighted by atomic mass is 35.5. The number of fused-ring (bicyclic) bond motifs is 2. The Morgan fingerprint density at radius 3 is 2.92 bits per heavy atom. The number of thioether (sulfide) groups is 1. The van der Waals surface area contributed by atoms with Crippen LogP contribution in [0.1, 0.15) is 31.2 Å². The van der Waals surface area contributed by atoms with E-state index in [4.69, 9.17) is 16.3 Å². The zero-order valence-corrected chi connectivity index (χ0v) is 22.3. The Morgan fingerprint density at radius 1 is 1.31 bits per heavy atom. The molecular weight excluding hydrogens is 522 g/mol. The van der Waals surface area contributed by atoms with E-state index in [1.54, 1.807) is 33.8 Å². The molecule has 3 aliphatic rings. The number of amides is 4. The molecule has 12 heteroatoms. The number of halogens is 1. The van der Waals surface area contributed by atoms with Crippen molar-refractivity contribution in [2.45, 2.75) is 35.3 Å². The third kappa shape index (κ3) is 5.28. The van der Waals surface area contributed by atoms with Crippen LogP contribution in [-0.4, -0.2) is 67.0 Å². The van der Waals surface area contributed by atoms with Gasteiger partial charge in [-0.3, -0.25) is 15.0 Å². The molecule has 1 atom stereocenters. The first-order valence-electron chi connectivity index (χ1n) is 12.0. The molecule has 1 spiro atoms. The smallest absolute Gasteiger partial charge is 0.409 e. The van der Waals surface area contributed by atoms with Crippen molar-refractivity contribution in [2.75, 3.05) is 49.3 Å². The van der Waals surface area contributed by atoms with Crippen molar-refractivity contribution in [1.29, 1.82) is 0 Å². The van der Waals surface area contributed by atoms with Crippen molar-refractivity contribution in [1.82, 2.24) is 15.2 Å². The maximum atomic E-state index is 13.3. The standard InChI is InChI=1S/C24H28ClN5O4S2/c1-34-23(33)29-9-7-24(13-29)14-30(18-6-5-16(25)11-17(18)24)22(32)28-21-27-12-19(36-21)35-10-2-8-26-20(31)15-3-4-15/h5-6,11-12,15H,2-4,7-10,13-14H2,1H3,(H,26,31)(H,27,28,32). The zero-order chi connectivity index (χ0) is 25.3. The first-order chi connectivity index (χ1) is 17.4. The van der Waals surface area contributed by atoms with Crippen molar-refractivity contribution >= 4 is 63.6 Å². The Kier molecular flexibility index (Phi) is 7.32. The molecular formula is C24H28ClN5O4S2. The molecule has 3 heterocycles. The van der Waals surface area contributed by atoms with Gasteiger partial charge in [-0.1, -0.05) is 22.9 Å². The quantitative estimate of drug-likeness (QED) is 0.387. The number of anilines is 2. The maximum absolute atomic E-state index is 13.3. The van der Waals surface area contributed by atoms with E-state index in [2.05, 4.69) is 15.6 Å². The van der Waals surface area contributed by atoms with Crippen LogP contribution >= 0.6 is 34.7 Å². The predicted molar refractivity (Wildman–Crippen MR) is 141 cm³/mol. The fourth-order valence-electron chi connectivity index (χ4n) is 4.82. The molecule has 1 saturated carbocycles. The number of likely N-dealkylation sites (tertiary alicyclic amines) is 1. The fourth-order valence-corrected chi connectivity index (χ4v) is 6.87. The number of aromatic nitrogens is 1. The van der Waals surface area contributed by atoms with E-state index < -0.39 is 0 Å². The Labute approximate surface area is 222 Å². The molecule has 1 aromatic heterocycles. The number of thiazole rings is 1. The predicted octanol–water partition coefficient (Wildman–Crippen LogP) is 4.57. The zero-order valence-electron chi connectivity index (χ0n) is 19.9. The van der Waals surface area contributed by atoms with Crippen molar-refractivity contribution in [3.05, 3.63) is 35.0 Å². The lowest BCUT2D eigenvalue weighted by Gasteiger charge is -2.25. The van der Waals surface area contributed by atoms with Gasteiger partial charge in [-0.15, -0.1) is 11.8 Å². The summed E-state index contributed by atoms with van der Waals surface area (Å²) in [5, 5.41) is 7.04. The number of benzene rings is 1. The SMILES string of the molecule is COC(=O)N1CCC2(C1)CN(C(=O)Nc1ncc(SCCCNC(=O)C3CC3)s1)c1ccc(Cl)cc12. The highest BCUT2D eigenvalue weighted by Gasteiger charge is 2.50. The summed E-state index contributed by atoms with van der Waals surface area (Å²) in [5.41, 5.74) is 1.38. The summed E-state index contributed by atoms with van der Waals surface area (Å²) in [4.78, 5) is 44.9. The number of methoxy groups -OCH3 is 1. The topological polar surface area (TPSA) is 104 Å². The molecule has 2 N–H and O–H groups in total. The van der Waals surface area contributed by atoms with Crippen LogP contribution in [-0.2, 0) is 14.9 Å². The number of hydrogen-bond donors (Lipinski definition) is 2. The largest absolute Gasteiger partial charge is 0.453 e. The summed E-state index contributed by atoms with van der Waals surface area (Å²) in [7, 11) is 1.38. The Balaban J connectivity index is 1.19. The van der Waals surface area contributed by atoms with E-state index in [1.807, 2.05) is 12.1 Å². The summed E-state index contributed by atoms with van der Waals surface area (Å²) in [6.45, 7) is 2.15. The van der Waals surface area contributed by atoms with Gasteiger partial charge in [-0.25, -0.2) is 14.6 Å². The van der Waals surface area contributed by atoms with Crippen LogP contribution in [0, 0.1) is 5.92 Å². The lowest BCUT2D eigenvalue weighted by Crippen LogP contribution is -2.41. The van der Waals surface area contributed by atoms with Crippen LogP contribution in [0.3, 0.4) is 0 Å². The van der Waals surface area contributed by atoms with Gasteiger partial charge in [-0.05, 0) is 49.4 Å². The number of carbonyl (C=O) groups is 3. The second-order valence-corrected chi connectivity index (χ2v) is 12.2. The first kappa shape index (κ1) is 25.2. The molecule has 1 saturated heterocycles. The molecule has 1 aliphatic carbocycles. The van der Waals surface area contributed by atoms with Gasteiger partial charge in [0.1, 0.15) is 0 Å². The third-order valence-corrected chi connectivity index (χ3v) is 9.25. The number of ether oxygens (including phenoxy) is 1. The fraction of sp³-hybridized carbons (Fsp3) is 0.500. The van der Waals surface area contributed by atoms with Crippen molar-refractivity contribution < 1.29 is 19.1 Å². The average molecular weight is 550 g/mol. The van der Waals surface area contributed by atoms with Crippen LogP contribution in [0.25, 0.3) is 0 Å². The lowest BCUT2D eigenvalue weighted by molar-refractivity contribution is -0.122. The van der Waals surface area contributed by atoms with Gasteiger partial charge >= 0.3 is 12.1 Å². The minimum atomic E-state index is -0.384. The molecule has 0 radical (unpaired) electrons. The summed E-state index contributed by atoms with van der Waals surface area (Å²) >= 11 is 9.40. The second-order valence-electron chi connectivity index (χ2n) is 9.35. The molecule has 192 valence electrons. The summed E-state index contributed by atoms with van der Waals surface area (Å²) in [6, 6.07) is 5.27. The molecule has 2 fully saturated rings. The highest BCUT2D eigenvalue weighted by molar-refractivity contribution is 8.01. The normalized spacial score (nSPS) is 20.5. The van der Waals surface area contributed by atoms with Gasteiger partial charge in [0.15, 0.2) is 5.13 Å². The van der Waals surface area contributed by atoms with E-state index in [9.17, 15) is 14.4 Å². The van der Waals surface area contributed by atoms with E-state index >= 15 is 0 Å². The highest BCUT2D eigenvalue weighted by Crippen LogP contribution is 2.47. The van der Waals surface area contributed by atoms with Crippen LogP contribution in [0.5, 0.6) is 0 Å². The molecule has 36 heavy (non-hydrogen) atoms. The molecule has 2 aromatic rings. The number of hydrogen-bond acceptors (Lipinski definition) is 7. The van der Waals surface area contributed by atoms with E-state index in [-0.39, 0.29) is 29.4 Å². The number of carbonyl (C=O) groups excluding carboxylic acids is 3. The lowest BCUT2D eigenvalue weighted by atomic mass is 9.81. The van der Waals surface area contributed by atoms with Gasteiger partial charge in [0.25, 0.3) is 0 Å². The minimum absolute atomic E-state index is 0.172. The van der Waals surface area contributed by atoms with E-state index in [0.29, 0.717) is 36.3 Å². The van der Waals surface area contributed by atoms with Crippen molar-refractivity contribution in [3.8, 4) is 0 Å². The molecule has 2 aliphatic heterocycles. The van der Waals surface area contributed by atoms with Gasteiger partial charge < -0.3 is 15.0 Å². The van der Waals surface area contributed by atoms with Crippen LogP contribution in [0.15, 0.2) is 28.6 Å². The third-order valence-electron chi connectivity index (χ3n) is 6.82. The molecule has 9 nitrogen and oxygen atoms in total. The van der Waals surface area contributed by atoms with Gasteiger partial charge in [0.2, 0.25) is 5.91 Å². The maximum Gasteiger partial charge on any atom is 0.409 e. The molecule has 1 unspecified atom stereocenters. The minimum Gasteiger partial charge on any atom is -0.453 e. The molecule has 0 bridgehead atoms. The molecule has 1 aromatic carbocycles. The molecule has 5 rings (SSSR count). The number of rotatable bonds is 7. The van der Waals surface area contributed by atoms with E-state index in [1.165, 1.54) is 18.4 Å². The second kappa shape index (κ2) is 10.5. The summed E-state index contributed by atoms with van der Waals surface area (Å²) in [6.07, 6.45) is 5.02. The van der Waals surface area contributed by atoms with Gasteiger partial charge in [0.05, 0.1) is 17.5 Å². The number of nitrogens with zero attached hydrogens (tertiary/aromatic N) is 3. The molecule has 4 amide bonds. The van der Waals surface area contributed by atoms with Crippen LogP contribution < -0.4 is 15.5 Å². The number of nitrogens with one attached hydrogen (secondary N) is 2. The van der Waals surface area contributed by atoms with Crippen molar-refractivity contribution in [3.63, 3.8) is 0 Å². The van der Waals surface area contributed by atoms with E-state index in [0.717, 1.165) is 46.9 Å².